The van der Waals surface area contributed by atoms with Crippen LogP contribution >= 0.6 is 11.3 Å². The molecule has 0 spiro atoms. The van der Waals surface area contributed by atoms with E-state index in [9.17, 15) is 0 Å². The van der Waals surface area contributed by atoms with Crippen LogP contribution in [0.1, 0.15) is 30.9 Å². The minimum Gasteiger partial charge on any atom is -0.360 e. The van der Waals surface area contributed by atoms with Crippen molar-refractivity contribution in [2.24, 2.45) is 0 Å². The van der Waals surface area contributed by atoms with Gasteiger partial charge in [0.15, 0.2) is 0 Å². The van der Waals surface area contributed by atoms with Crippen LogP contribution in [0.5, 0.6) is 0 Å². The van der Waals surface area contributed by atoms with Crippen LogP contribution in [0.15, 0.2) is 18.2 Å². The van der Waals surface area contributed by atoms with Gasteiger partial charge in [-0.1, -0.05) is 30.7 Å². The number of nitrogens with zero attached hydrogens (tertiary/aromatic N) is 3. The Kier molecular flexibility index (Phi) is 4.48. The zero-order chi connectivity index (χ0) is 13.7. The van der Waals surface area contributed by atoms with Crippen molar-refractivity contribution in [2.45, 2.75) is 26.7 Å². The highest BCUT2D eigenvalue weighted by Crippen LogP contribution is 2.29. The first-order chi connectivity index (χ1) is 9.24. The number of nitrogens with one attached hydrogen (secondary N) is 1. The van der Waals surface area contributed by atoms with Crippen molar-refractivity contribution in [3.05, 3.63) is 29.3 Å². The van der Waals surface area contributed by atoms with Gasteiger partial charge in [-0.2, -0.15) is 5.26 Å². The molecule has 0 atom stereocenters. The van der Waals surface area contributed by atoms with Crippen LogP contribution in [0.4, 0.5) is 5.13 Å². The second-order valence-electron chi connectivity index (χ2n) is 4.33. The number of hydrogen-bond donors (Lipinski definition) is 1. The van der Waals surface area contributed by atoms with E-state index in [2.05, 4.69) is 28.5 Å². The van der Waals surface area contributed by atoms with Crippen molar-refractivity contribution in [3.63, 3.8) is 0 Å². The van der Waals surface area contributed by atoms with Gasteiger partial charge >= 0.3 is 0 Å². The van der Waals surface area contributed by atoms with E-state index in [1.54, 1.807) is 11.3 Å². The normalized spacial score (nSPS) is 10.2. The molecule has 1 aromatic carbocycles. The fourth-order valence-electron chi connectivity index (χ4n) is 1.75. The third kappa shape index (κ3) is 3.30. The third-order valence-electron chi connectivity index (χ3n) is 2.82. The van der Waals surface area contributed by atoms with Crippen molar-refractivity contribution in [2.75, 3.05) is 11.9 Å². The first kappa shape index (κ1) is 13.5. The largest absolute Gasteiger partial charge is 0.360 e. The van der Waals surface area contributed by atoms with Crippen LogP contribution in [0.25, 0.3) is 10.6 Å². The highest BCUT2D eigenvalue weighted by Gasteiger charge is 2.09. The van der Waals surface area contributed by atoms with Crippen molar-refractivity contribution in [1.29, 1.82) is 5.26 Å². The smallest absolute Gasteiger partial charge is 0.206 e. The minimum absolute atomic E-state index is 0.673. The molecule has 0 saturated carbocycles. The summed E-state index contributed by atoms with van der Waals surface area (Å²) in [6, 6.07) is 7.77. The molecule has 2 rings (SSSR count). The molecule has 1 aromatic heterocycles. The zero-order valence-corrected chi connectivity index (χ0v) is 11.9. The fourth-order valence-corrected chi connectivity index (χ4v) is 2.61. The molecule has 0 fully saturated rings. The Bertz CT molecular complexity index is 598. The summed E-state index contributed by atoms with van der Waals surface area (Å²) in [5, 5.41) is 22.2. The molecule has 0 radical (unpaired) electrons. The summed E-state index contributed by atoms with van der Waals surface area (Å²) in [5.74, 6) is 0. The van der Waals surface area contributed by atoms with Crippen molar-refractivity contribution in [1.82, 2.24) is 10.2 Å². The van der Waals surface area contributed by atoms with Gasteiger partial charge in [-0.25, -0.2) is 0 Å². The Morgan fingerprint density at radius 2 is 2.21 bits per heavy atom. The highest BCUT2D eigenvalue weighted by atomic mass is 32.1. The van der Waals surface area contributed by atoms with Crippen LogP contribution in [0.3, 0.4) is 0 Å². The number of benzene rings is 1. The number of aryl methyl sites for hydroxylation is 1. The number of nitriles is 1. The molecule has 0 saturated heterocycles. The average molecular weight is 272 g/mol. The molecule has 19 heavy (non-hydrogen) atoms. The van der Waals surface area contributed by atoms with Gasteiger partial charge in [0, 0.05) is 12.1 Å². The van der Waals surface area contributed by atoms with Crippen LogP contribution in [0, 0.1) is 18.3 Å². The van der Waals surface area contributed by atoms with E-state index in [-0.39, 0.29) is 0 Å². The van der Waals surface area contributed by atoms with Crippen molar-refractivity contribution < 1.29 is 0 Å². The molecular formula is C14H16N4S. The number of anilines is 1. The second kappa shape index (κ2) is 6.30. The molecule has 1 heterocycles. The molecule has 0 amide bonds. The number of rotatable bonds is 5. The number of unbranched alkanes of at least 4 members (excludes halogenated alkanes) is 1. The van der Waals surface area contributed by atoms with Gasteiger partial charge in [0.25, 0.3) is 0 Å². The molecule has 98 valence electrons. The topological polar surface area (TPSA) is 61.6 Å². The molecule has 2 aromatic rings. The van der Waals surface area contributed by atoms with Crippen LogP contribution in [0.2, 0.25) is 0 Å². The van der Waals surface area contributed by atoms with Gasteiger partial charge in [0.1, 0.15) is 5.01 Å². The molecule has 0 aliphatic rings. The van der Waals surface area contributed by atoms with Crippen molar-refractivity contribution >= 4 is 16.5 Å². The molecule has 5 heteroatoms. The molecule has 0 bridgehead atoms. The third-order valence-corrected chi connectivity index (χ3v) is 3.73. The van der Waals surface area contributed by atoms with E-state index in [4.69, 9.17) is 5.26 Å². The maximum atomic E-state index is 8.86. The summed E-state index contributed by atoms with van der Waals surface area (Å²) >= 11 is 1.55. The van der Waals surface area contributed by atoms with Crippen LogP contribution in [-0.2, 0) is 0 Å². The first-order valence-corrected chi connectivity index (χ1v) is 7.14. The second-order valence-corrected chi connectivity index (χ2v) is 5.31. The standard InChI is InChI=1S/C14H16N4S/c1-3-4-7-16-14-18-17-13(19-14)12-6-5-11(9-15)8-10(12)2/h5-6,8H,3-4,7H2,1-2H3,(H,16,18). The maximum absolute atomic E-state index is 8.86. The van der Waals surface area contributed by atoms with Crippen molar-refractivity contribution in [3.8, 4) is 16.6 Å². The highest BCUT2D eigenvalue weighted by molar-refractivity contribution is 7.18. The van der Waals surface area contributed by atoms with E-state index < -0.39 is 0 Å². The SMILES string of the molecule is CCCCNc1nnc(-c2ccc(C#N)cc2C)s1. The quantitative estimate of drug-likeness (QED) is 0.845. The number of hydrogen-bond acceptors (Lipinski definition) is 5. The first-order valence-electron chi connectivity index (χ1n) is 6.33. The predicted molar refractivity (Wildman–Crippen MR) is 78.2 cm³/mol. The van der Waals surface area contributed by atoms with E-state index >= 15 is 0 Å². The van der Waals surface area contributed by atoms with Gasteiger partial charge in [0.2, 0.25) is 5.13 Å². The summed E-state index contributed by atoms with van der Waals surface area (Å²) in [7, 11) is 0. The zero-order valence-electron chi connectivity index (χ0n) is 11.1. The lowest BCUT2D eigenvalue weighted by Gasteiger charge is -2.01. The van der Waals surface area contributed by atoms with E-state index in [0.717, 1.165) is 40.7 Å². The lowest BCUT2D eigenvalue weighted by atomic mass is 10.1. The summed E-state index contributed by atoms with van der Waals surface area (Å²) in [6.45, 7) is 5.08. The molecule has 1 N–H and O–H groups in total. The Morgan fingerprint density at radius 1 is 1.37 bits per heavy atom. The van der Waals surface area contributed by atoms with Crippen LogP contribution < -0.4 is 5.32 Å². The van der Waals surface area contributed by atoms with Gasteiger partial charge in [-0.3, -0.25) is 0 Å². The Balaban J connectivity index is 2.16. The van der Waals surface area contributed by atoms with E-state index in [1.165, 1.54) is 0 Å². The Labute approximate surface area is 117 Å². The molecular weight excluding hydrogens is 256 g/mol. The molecule has 0 aliphatic carbocycles. The van der Waals surface area contributed by atoms with Gasteiger partial charge in [0.05, 0.1) is 11.6 Å². The molecule has 4 nitrogen and oxygen atoms in total. The Hall–Kier alpha value is -1.93. The summed E-state index contributed by atoms with van der Waals surface area (Å²) in [6.07, 6.45) is 2.29. The summed E-state index contributed by atoms with van der Waals surface area (Å²) in [4.78, 5) is 0. The van der Waals surface area contributed by atoms with Gasteiger partial charge in [-0.15, -0.1) is 10.2 Å². The van der Waals surface area contributed by atoms with E-state index in [0.29, 0.717) is 5.56 Å². The average Bonchev–Trinajstić information content (AvgIpc) is 2.87. The maximum Gasteiger partial charge on any atom is 0.206 e. The summed E-state index contributed by atoms with van der Waals surface area (Å²) < 4.78 is 0. The summed E-state index contributed by atoms with van der Waals surface area (Å²) in [5.41, 5.74) is 2.77. The van der Waals surface area contributed by atoms with E-state index in [1.807, 2.05) is 25.1 Å². The minimum atomic E-state index is 0.673. The fraction of sp³-hybridized carbons (Fsp3) is 0.357. The van der Waals surface area contributed by atoms with Gasteiger partial charge in [-0.05, 0) is 31.0 Å². The predicted octanol–water partition coefficient (Wildman–Crippen LogP) is 3.60. The monoisotopic (exact) mass is 272 g/mol. The lowest BCUT2D eigenvalue weighted by molar-refractivity contribution is 0.831. The number of aromatic nitrogens is 2. The van der Waals surface area contributed by atoms with Gasteiger partial charge < -0.3 is 5.32 Å². The molecule has 0 aliphatic heterocycles. The Morgan fingerprint density at radius 3 is 2.89 bits per heavy atom. The lowest BCUT2D eigenvalue weighted by Crippen LogP contribution is -1.99. The molecule has 0 unspecified atom stereocenters. The van der Waals surface area contributed by atoms with Crippen LogP contribution in [-0.4, -0.2) is 16.7 Å².